The lowest BCUT2D eigenvalue weighted by molar-refractivity contribution is -0.115. The predicted octanol–water partition coefficient (Wildman–Crippen LogP) is 1.73. The Balaban J connectivity index is 2.04. The van der Waals surface area contributed by atoms with Crippen LogP contribution in [-0.2, 0) is 4.79 Å². The van der Waals surface area contributed by atoms with Gasteiger partial charge in [0.15, 0.2) is 0 Å². The van der Waals surface area contributed by atoms with Gasteiger partial charge in [-0.1, -0.05) is 23.9 Å². The van der Waals surface area contributed by atoms with Gasteiger partial charge in [0.05, 0.1) is 5.25 Å². The normalized spacial score (nSPS) is 12.2. The molecule has 106 valence electrons. The van der Waals surface area contributed by atoms with E-state index in [2.05, 4.69) is 15.5 Å². The topological polar surface area (TPSA) is 85.8 Å². The van der Waals surface area contributed by atoms with Crippen LogP contribution in [0.25, 0.3) is 0 Å². The van der Waals surface area contributed by atoms with Crippen LogP contribution in [0.1, 0.15) is 18.1 Å². The van der Waals surface area contributed by atoms with Gasteiger partial charge >= 0.3 is 0 Å². The Morgan fingerprint density at radius 3 is 2.85 bits per heavy atom. The van der Waals surface area contributed by atoms with Gasteiger partial charge in [-0.3, -0.25) is 4.79 Å². The second-order valence-corrected chi connectivity index (χ2v) is 5.90. The summed E-state index contributed by atoms with van der Waals surface area (Å²) in [6.45, 7) is 5.76. The molecule has 0 aliphatic carbocycles. The fraction of sp³-hybridized carbons (Fsp3) is 0.308. The molecule has 0 aliphatic rings. The molecule has 0 saturated heterocycles. The summed E-state index contributed by atoms with van der Waals surface area (Å²) in [5.41, 5.74) is 2.97. The molecule has 0 fully saturated rings. The number of benzene rings is 1. The van der Waals surface area contributed by atoms with Crippen molar-refractivity contribution in [2.75, 3.05) is 11.2 Å². The zero-order chi connectivity index (χ0) is 14.7. The number of carbonyl (C=O) groups excluding carboxylic acids is 1. The van der Waals surface area contributed by atoms with E-state index in [0.717, 1.165) is 16.8 Å². The number of nitrogens with two attached hydrogens (primary N) is 1. The third-order valence-electron chi connectivity index (χ3n) is 2.84. The number of hydrogen-bond acceptors (Lipinski definition) is 5. The molecule has 0 saturated carbocycles. The standard InChI is InChI=1S/C13H17N5OS/c1-8-4-5-9(2)11(6-8)16-12(19)10(3)20-13-17-15-7-18(13)14/h4-7,10H,14H2,1-3H3,(H,16,19). The molecule has 1 heterocycles. The third-order valence-corrected chi connectivity index (χ3v) is 3.91. The summed E-state index contributed by atoms with van der Waals surface area (Å²) in [5.74, 6) is 5.53. The Morgan fingerprint density at radius 1 is 1.45 bits per heavy atom. The van der Waals surface area contributed by atoms with E-state index in [1.165, 1.54) is 22.8 Å². The van der Waals surface area contributed by atoms with E-state index in [0.29, 0.717) is 5.16 Å². The summed E-state index contributed by atoms with van der Waals surface area (Å²) >= 11 is 1.27. The first-order valence-electron chi connectivity index (χ1n) is 6.17. The summed E-state index contributed by atoms with van der Waals surface area (Å²) in [5, 5.41) is 10.6. The molecular weight excluding hydrogens is 274 g/mol. The molecule has 6 nitrogen and oxygen atoms in total. The van der Waals surface area contributed by atoms with Gasteiger partial charge in [0, 0.05) is 5.69 Å². The second kappa shape index (κ2) is 5.96. The number of thioether (sulfide) groups is 1. The zero-order valence-electron chi connectivity index (χ0n) is 11.6. The van der Waals surface area contributed by atoms with Crippen LogP contribution in [0.2, 0.25) is 0 Å². The largest absolute Gasteiger partial charge is 0.336 e. The van der Waals surface area contributed by atoms with Crippen molar-refractivity contribution in [2.24, 2.45) is 0 Å². The van der Waals surface area contributed by atoms with Crippen LogP contribution >= 0.6 is 11.8 Å². The van der Waals surface area contributed by atoms with Gasteiger partial charge in [0.25, 0.3) is 0 Å². The Bertz CT molecular complexity index is 625. The first kappa shape index (κ1) is 14.4. The summed E-state index contributed by atoms with van der Waals surface area (Å²) in [6.07, 6.45) is 1.40. The summed E-state index contributed by atoms with van der Waals surface area (Å²) in [7, 11) is 0. The molecule has 1 amide bonds. The van der Waals surface area contributed by atoms with Crippen molar-refractivity contribution in [1.82, 2.24) is 14.9 Å². The highest BCUT2D eigenvalue weighted by atomic mass is 32.2. The minimum atomic E-state index is -0.318. The van der Waals surface area contributed by atoms with Crippen molar-refractivity contribution in [3.63, 3.8) is 0 Å². The molecule has 1 aromatic heterocycles. The second-order valence-electron chi connectivity index (χ2n) is 4.59. The molecule has 0 radical (unpaired) electrons. The average Bonchev–Trinajstić information content (AvgIpc) is 2.79. The van der Waals surface area contributed by atoms with Crippen LogP contribution in [0.3, 0.4) is 0 Å². The van der Waals surface area contributed by atoms with E-state index in [1.54, 1.807) is 6.92 Å². The average molecular weight is 291 g/mol. The molecule has 2 aromatic rings. The first-order chi connectivity index (χ1) is 9.47. The Morgan fingerprint density at radius 2 is 2.20 bits per heavy atom. The van der Waals surface area contributed by atoms with Crippen LogP contribution in [0.15, 0.2) is 29.7 Å². The van der Waals surface area contributed by atoms with E-state index in [-0.39, 0.29) is 11.2 Å². The number of anilines is 1. The molecule has 3 N–H and O–H groups in total. The van der Waals surface area contributed by atoms with E-state index in [4.69, 9.17) is 5.84 Å². The molecule has 0 bridgehead atoms. The predicted molar refractivity (Wildman–Crippen MR) is 80.0 cm³/mol. The monoisotopic (exact) mass is 291 g/mol. The van der Waals surface area contributed by atoms with Crippen LogP contribution in [0.4, 0.5) is 5.69 Å². The molecule has 1 aromatic carbocycles. The lowest BCUT2D eigenvalue weighted by Gasteiger charge is -2.13. The number of aryl methyl sites for hydroxylation is 2. The van der Waals surface area contributed by atoms with Crippen molar-refractivity contribution in [2.45, 2.75) is 31.2 Å². The maximum atomic E-state index is 12.2. The summed E-state index contributed by atoms with van der Waals surface area (Å²) < 4.78 is 1.30. The zero-order valence-corrected chi connectivity index (χ0v) is 12.4. The number of nitrogen functional groups attached to an aromatic ring is 1. The van der Waals surface area contributed by atoms with Gasteiger partial charge in [-0.15, -0.1) is 10.2 Å². The Hall–Kier alpha value is -2.02. The molecular formula is C13H17N5OS. The van der Waals surface area contributed by atoms with Crippen LogP contribution in [0.5, 0.6) is 0 Å². The van der Waals surface area contributed by atoms with E-state index in [1.807, 2.05) is 32.0 Å². The molecule has 2 rings (SSSR count). The first-order valence-corrected chi connectivity index (χ1v) is 7.05. The van der Waals surface area contributed by atoms with Gasteiger partial charge in [-0.05, 0) is 38.0 Å². The van der Waals surface area contributed by atoms with E-state index in [9.17, 15) is 4.79 Å². The molecule has 20 heavy (non-hydrogen) atoms. The lowest BCUT2D eigenvalue weighted by atomic mass is 10.1. The Kier molecular flexibility index (Phi) is 4.29. The van der Waals surface area contributed by atoms with Crippen LogP contribution < -0.4 is 11.2 Å². The molecule has 1 unspecified atom stereocenters. The number of amides is 1. The third kappa shape index (κ3) is 3.30. The maximum absolute atomic E-state index is 12.2. The fourth-order valence-corrected chi connectivity index (χ4v) is 2.38. The molecule has 7 heteroatoms. The van der Waals surface area contributed by atoms with Gasteiger partial charge in [-0.25, -0.2) is 4.68 Å². The number of carbonyl (C=O) groups is 1. The summed E-state index contributed by atoms with van der Waals surface area (Å²) in [6, 6.07) is 5.95. The number of aromatic nitrogens is 3. The maximum Gasteiger partial charge on any atom is 0.237 e. The fourth-order valence-electron chi connectivity index (χ4n) is 1.63. The smallest absolute Gasteiger partial charge is 0.237 e. The minimum absolute atomic E-state index is 0.0910. The van der Waals surface area contributed by atoms with E-state index < -0.39 is 0 Å². The van der Waals surface area contributed by atoms with Crippen molar-refractivity contribution in [1.29, 1.82) is 0 Å². The van der Waals surface area contributed by atoms with Gasteiger partial charge < -0.3 is 11.2 Å². The summed E-state index contributed by atoms with van der Waals surface area (Å²) in [4.78, 5) is 12.2. The Labute approximate surface area is 121 Å². The lowest BCUT2D eigenvalue weighted by Crippen LogP contribution is -2.24. The van der Waals surface area contributed by atoms with Gasteiger partial charge in [0.1, 0.15) is 6.33 Å². The van der Waals surface area contributed by atoms with Crippen molar-refractivity contribution < 1.29 is 4.79 Å². The van der Waals surface area contributed by atoms with Crippen molar-refractivity contribution >= 4 is 23.4 Å². The van der Waals surface area contributed by atoms with Crippen molar-refractivity contribution in [3.05, 3.63) is 35.7 Å². The van der Waals surface area contributed by atoms with Crippen molar-refractivity contribution in [3.8, 4) is 0 Å². The highest BCUT2D eigenvalue weighted by molar-refractivity contribution is 8.00. The number of rotatable bonds is 4. The molecule has 0 spiro atoms. The number of nitrogens with zero attached hydrogens (tertiary/aromatic N) is 3. The highest BCUT2D eigenvalue weighted by Gasteiger charge is 2.18. The minimum Gasteiger partial charge on any atom is -0.336 e. The quantitative estimate of drug-likeness (QED) is 0.662. The number of hydrogen-bond donors (Lipinski definition) is 2. The van der Waals surface area contributed by atoms with E-state index >= 15 is 0 Å². The van der Waals surface area contributed by atoms with Crippen LogP contribution in [-0.4, -0.2) is 26.0 Å². The van der Waals surface area contributed by atoms with Gasteiger partial charge in [-0.2, -0.15) is 0 Å². The van der Waals surface area contributed by atoms with Gasteiger partial charge in [0.2, 0.25) is 11.1 Å². The SMILES string of the molecule is Cc1ccc(C)c(NC(=O)C(C)Sc2nncn2N)c1. The molecule has 0 aliphatic heterocycles. The highest BCUT2D eigenvalue weighted by Crippen LogP contribution is 2.22. The molecule has 1 atom stereocenters. The van der Waals surface area contributed by atoms with Crippen LogP contribution in [0, 0.1) is 13.8 Å². The number of nitrogens with one attached hydrogen (secondary N) is 1.